The number of hydrogen-bond donors (Lipinski definition) is 1. The van der Waals surface area contributed by atoms with Crippen LogP contribution in [0.25, 0.3) is 0 Å². The molecule has 0 fully saturated rings. The fourth-order valence-corrected chi connectivity index (χ4v) is 3.76. The first-order valence-corrected chi connectivity index (χ1v) is 8.90. The number of thiophene rings is 1. The molecule has 2 rings (SSSR count). The number of amides is 1. The van der Waals surface area contributed by atoms with Gasteiger partial charge in [-0.25, -0.2) is 0 Å². The molecule has 1 N–H and O–H groups in total. The Morgan fingerprint density at radius 3 is 2.52 bits per heavy atom. The molecule has 0 radical (unpaired) electrons. The van der Waals surface area contributed by atoms with E-state index in [0.717, 1.165) is 24.3 Å². The first kappa shape index (κ1) is 17.7. The summed E-state index contributed by atoms with van der Waals surface area (Å²) in [6.45, 7) is 5.04. The first-order valence-electron chi connectivity index (χ1n) is 8.08. The summed E-state index contributed by atoms with van der Waals surface area (Å²) in [4.78, 5) is 16.8. The van der Waals surface area contributed by atoms with Crippen molar-refractivity contribution in [3.05, 3.63) is 57.3 Å². The maximum Gasteiger partial charge on any atom is 0.261 e. The van der Waals surface area contributed by atoms with Gasteiger partial charge in [-0.05, 0) is 51.1 Å². The molecular weight excluding hydrogens is 304 g/mol. The Hall–Kier alpha value is -1.65. The molecule has 1 amide bonds. The van der Waals surface area contributed by atoms with E-state index in [1.807, 2.05) is 38.4 Å². The van der Waals surface area contributed by atoms with Gasteiger partial charge in [0.25, 0.3) is 5.91 Å². The topological polar surface area (TPSA) is 32.3 Å². The second-order valence-electron chi connectivity index (χ2n) is 6.17. The van der Waals surface area contributed by atoms with E-state index in [2.05, 4.69) is 36.2 Å². The van der Waals surface area contributed by atoms with Gasteiger partial charge in [0, 0.05) is 17.5 Å². The highest BCUT2D eigenvalue weighted by molar-refractivity contribution is 7.14. The molecule has 0 aliphatic heterocycles. The van der Waals surface area contributed by atoms with Gasteiger partial charge in [-0.1, -0.05) is 37.3 Å². The molecule has 1 aromatic heterocycles. The number of benzene rings is 1. The Morgan fingerprint density at radius 1 is 1.26 bits per heavy atom. The summed E-state index contributed by atoms with van der Waals surface area (Å²) in [6, 6.07) is 12.5. The Bertz CT molecular complexity index is 634. The van der Waals surface area contributed by atoms with Crippen LogP contribution in [0.15, 0.2) is 36.4 Å². The maximum atomic E-state index is 12.6. The van der Waals surface area contributed by atoms with Crippen molar-refractivity contribution in [2.75, 3.05) is 20.6 Å². The van der Waals surface area contributed by atoms with Crippen molar-refractivity contribution in [3.63, 3.8) is 0 Å². The van der Waals surface area contributed by atoms with Gasteiger partial charge in [-0.3, -0.25) is 4.79 Å². The fourth-order valence-electron chi connectivity index (χ4n) is 2.74. The summed E-state index contributed by atoms with van der Waals surface area (Å²) in [5.41, 5.74) is 2.52. The standard InChI is InChI=1S/C19H26N2OS/c1-5-16-12-18(23-14(16)2)19(22)20-17(13-21(3)4)11-15-9-7-6-8-10-15/h6-10,12,17H,5,11,13H2,1-4H3,(H,20,22). The average molecular weight is 330 g/mol. The Balaban J connectivity index is 2.08. The molecule has 0 aliphatic rings. The highest BCUT2D eigenvalue weighted by atomic mass is 32.1. The van der Waals surface area contributed by atoms with Gasteiger partial charge in [0.2, 0.25) is 0 Å². The summed E-state index contributed by atoms with van der Waals surface area (Å²) < 4.78 is 0. The van der Waals surface area contributed by atoms with Crippen LogP contribution in [-0.4, -0.2) is 37.5 Å². The zero-order valence-corrected chi connectivity index (χ0v) is 15.2. The molecule has 3 nitrogen and oxygen atoms in total. The van der Waals surface area contributed by atoms with Crippen molar-refractivity contribution >= 4 is 17.2 Å². The molecule has 1 heterocycles. The number of rotatable bonds is 7. The third-order valence-electron chi connectivity index (χ3n) is 3.87. The molecule has 0 bridgehead atoms. The summed E-state index contributed by atoms with van der Waals surface area (Å²) in [6.07, 6.45) is 1.82. The molecule has 0 spiro atoms. The molecule has 1 atom stereocenters. The number of carbonyl (C=O) groups is 1. The monoisotopic (exact) mass is 330 g/mol. The van der Waals surface area contributed by atoms with E-state index >= 15 is 0 Å². The molecule has 1 unspecified atom stereocenters. The van der Waals surface area contributed by atoms with Gasteiger partial charge < -0.3 is 10.2 Å². The van der Waals surface area contributed by atoms with Crippen LogP contribution in [0.5, 0.6) is 0 Å². The van der Waals surface area contributed by atoms with Crippen molar-refractivity contribution in [1.82, 2.24) is 10.2 Å². The molecule has 1 aromatic carbocycles. The van der Waals surface area contributed by atoms with Crippen LogP contribution >= 0.6 is 11.3 Å². The molecule has 4 heteroatoms. The van der Waals surface area contributed by atoms with Crippen LogP contribution in [0.2, 0.25) is 0 Å². The molecule has 0 saturated carbocycles. The minimum atomic E-state index is 0.0422. The number of nitrogens with one attached hydrogen (secondary N) is 1. The van der Waals surface area contributed by atoms with Crippen LogP contribution in [0, 0.1) is 6.92 Å². The highest BCUT2D eigenvalue weighted by Crippen LogP contribution is 2.22. The van der Waals surface area contributed by atoms with Crippen LogP contribution in [0.3, 0.4) is 0 Å². The van der Waals surface area contributed by atoms with Crippen LogP contribution in [0.4, 0.5) is 0 Å². The predicted molar refractivity (Wildman–Crippen MR) is 98.4 cm³/mol. The minimum Gasteiger partial charge on any atom is -0.347 e. The lowest BCUT2D eigenvalue weighted by Gasteiger charge is -2.22. The molecule has 0 aliphatic carbocycles. The van der Waals surface area contributed by atoms with Crippen LogP contribution in [-0.2, 0) is 12.8 Å². The van der Waals surface area contributed by atoms with E-state index in [9.17, 15) is 4.79 Å². The van der Waals surface area contributed by atoms with Crippen molar-refractivity contribution < 1.29 is 4.79 Å². The zero-order valence-electron chi connectivity index (χ0n) is 14.4. The molecular formula is C19H26N2OS. The number of aryl methyl sites for hydroxylation is 2. The quantitative estimate of drug-likeness (QED) is 0.842. The number of likely N-dealkylation sites (N-methyl/N-ethyl adjacent to an activating group) is 1. The van der Waals surface area contributed by atoms with Crippen molar-refractivity contribution in [2.45, 2.75) is 32.7 Å². The Kier molecular flexibility index (Phi) is 6.37. The number of nitrogens with zero attached hydrogens (tertiary/aromatic N) is 1. The molecule has 124 valence electrons. The fraction of sp³-hybridized carbons (Fsp3) is 0.421. The second kappa shape index (κ2) is 8.27. The smallest absolute Gasteiger partial charge is 0.261 e. The van der Waals surface area contributed by atoms with Gasteiger partial charge in [-0.2, -0.15) is 0 Å². The summed E-state index contributed by atoms with van der Waals surface area (Å²) in [7, 11) is 4.07. The molecule has 23 heavy (non-hydrogen) atoms. The van der Waals surface area contributed by atoms with Gasteiger partial charge in [0.1, 0.15) is 0 Å². The lowest BCUT2D eigenvalue weighted by atomic mass is 10.1. The van der Waals surface area contributed by atoms with Crippen molar-refractivity contribution in [1.29, 1.82) is 0 Å². The van der Waals surface area contributed by atoms with E-state index in [-0.39, 0.29) is 11.9 Å². The van der Waals surface area contributed by atoms with Crippen molar-refractivity contribution in [2.24, 2.45) is 0 Å². The Labute approximate surface area is 143 Å². The summed E-state index contributed by atoms with van der Waals surface area (Å²) in [5.74, 6) is 0.0422. The van der Waals surface area contributed by atoms with Gasteiger partial charge in [0.05, 0.1) is 4.88 Å². The van der Waals surface area contributed by atoms with E-state index in [1.165, 1.54) is 16.0 Å². The summed E-state index contributed by atoms with van der Waals surface area (Å²) >= 11 is 1.59. The van der Waals surface area contributed by atoms with E-state index in [4.69, 9.17) is 0 Å². The van der Waals surface area contributed by atoms with E-state index in [0.29, 0.717) is 0 Å². The molecule has 0 saturated heterocycles. The lowest BCUT2D eigenvalue weighted by Crippen LogP contribution is -2.42. The predicted octanol–water partition coefficient (Wildman–Crippen LogP) is 3.52. The second-order valence-corrected chi connectivity index (χ2v) is 7.42. The summed E-state index contributed by atoms with van der Waals surface area (Å²) in [5, 5.41) is 3.21. The van der Waals surface area contributed by atoms with Gasteiger partial charge >= 0.3 is 0 Å². The molecule has 2 aromatic rings. The zero-order chi connectivity index (χ0) is 16.8. The van der Waals surface area contributed by atoms with E-state index < -0.39 is 0 Å². The lowest BCUT2D eigenvalue weighted by molar-refractivity contribution is 0.0934. The van der Waals surface area contributed by atoms with Gasteiger partial charge in [-0.15, -0.1) is 11.3 Å². The maximum absolute atomic E-state index is 12.6. The highest BCUT2D eigenvalue weighted by Gasteiger charge is 2.17. The third-order valence-corrected chi connectivity index (χ3v) is 4.96. The Morgan fingerprint density at radius 2 is 1.96 bits per heavy atom. The third kappa shape index (κ3) is 5.19. The number of carbonyl (C=O) groups excluding carboxylic acids is 1. The normalized spacial score (nSPS) is 12.4. The average Bonchev–Trinajstić information content (AvgIpc) is 2.88. The van der Waals surface area contributed by atoms with E-state index in [1.54, 1.807) is 11.3 Å². The largest absolute Gasteiger partial charge is 0.347 e. The number of hydrogen-bond acceptors (Lipinski definition) is 3. The minimum absolute atomic E-state index is 0.0422. The first-order chi connectivity index (χ1) is 11.0. The van der Waals surface area contributed by atoms with Crippen LogP contribution < -0.4 is 5.32 Å². The van der Waals surface area contributed by atoms with Crippen molar-refractivity contribution in [3.8, 4) is 0 Å². The SMILES string of the molecule is CCc1cc(C(=O)NC(Cc2ccccc2)CN(C)C)sc1C. The van der Waals surface area contributed by atoms with Gasteiger partial charge in [0.15, 0.2) is 0 Å². The van der Waals surface area contributed by atoms with Crippen LogP contribution in [0.1, 0.15) is 32.6 Å².